The van der Waals surface area contributed by atoms with Crippen LogP contribution in [0.3, 0.4) is 0 Å². The van der Waals surface area contributed by atoms with Crippen molar-refractivity contribution in [1.82, 2.24) is 0 Å². The van der Waals surface area contributed by atoms with Gasteiger partial charge >= 0.3 is 32.4 Å². The molecule has 0 aliphatic heterocycles. The fourth-order valence-corrected chi connectivity index (χ4v) is 19.6. The van der Waals surface area contributed by atoms with Gasteiger partial charge in [0.1, 0.15) is 0 Å². The molecular formula is C16H36O11Si3. The van der Waals surface area contributed by atoms with Gasteiger partial charge in [0.05, 0.1) is 6.61 Å². The van der Waals surface area contributed by atoms with Crippen LogP contribution in [0.25, 0.3) is 0 Å². The van der Waals surface area contributed by atoms with Gasteiger partial charge in [-0.2, -0.15) is 0 Å². The average molecular weight is 489 g/mol. The van der Waals surface area contributed by atoms with Crippen molar-refractivity contribution in [2.45, 2.75) is 17.6 Å². The summed E-state index contributed by atoms with van der Waals surface area (Å²) in [5.74, 6) is -0.567. The van der Waals surface area contributed by atoms with Crippen molar-refractivity contribution in [2.75, 3.05) is 70.6 Å². The molecule has 0 aromatic carbocycles. The molecule has 0 radical (unpaired) electrons. The van der Waals surface area contributed by atoms with Crippen molar-refractivity contribution in [3.8, 4) is 0 Å². The molecule has 14 heteroatoms. The van der Waals surface area contributed by atoms with E-state index in [9.17, 15) is 4.79 Å². The van der Waals surface area contributed by atoms with E-state index in [4.69, 9.17) is 44.6 Å². The SMILES string of the molecule is C=C(C)C(=O)OCCC([Si](OC)(OC)OC)([Si](OC)(OC)OC)[Si](OC)(OC)OC. The van der Waals surface area contributed by atoms with Gasteiger partial charge in [-0.25, -0.2) is 4.79 Å². The number of hydrogen-bond acceptors (Lipinski definition) is 11. The molecule has 0 atom stereocenters. The minimum Gasteiger partial charge on any atom is -0.462 e. The van der Waals surface area contributed by atoms with Gasteiger partial charge in [0.15, 0.2) is 4.28 Å². The third-order valence-corrected chi connectivity index (χ3v) is 19.3. The molecule has 0 rings (SSSR count). The van der Waals surface area contributed by atoms with E-state index < -0.39 is 36.7 Å². The maximum Gasteiger partial charge on any atom is 0.516 e. The Balaban J connectivity index is 7.16. The van der Waals surface area contributed by atoms with Gasteiger partial charge in [-0.1, -0.05) is 6.58 Å². The van der Waals surface area contributed by atoms with Gasteiger partial charge < -0.3 is 44.6 Å². The van der Waals surface area contributed by atoms with Crippen molar-refractivity contribution < 1.29 is 49.4 Å². The molecule has 11 nitrogen and oxygen atoms in total. The zero-order chi connectivity index (χ0) is 23.6. The quantitative estimate of drug-likeness (QED) is 0.176. The maximum absolute atomic E-state index is 12.0. The third kappa shape index (κ3) is 4.64. The first-order valence-electron chi connectivity index (χ1n) is 8.92. The van der Waals surface area contributed by atoms with E-state index in [-0.39, 0.29) is 18.6 Å². The highest BCUT2D eigenvalue weighted by Crippen LogP contribution is 2.58. The second-order valence-electron chi connectivity index (χ2n) is 6.08. The summed E-state index contributed by atoms with van der Waals surface area (Å²) < 4.78 is 56.6. The Morgan fingerprint density at radius 1 is 0.667 bits per heavy atom. The molecule has 0 aromatic heterocycles. The number of carbonyl (C=O) groups excluding carboxylic acids is 1. The Bertz CT molecular complexity index is 473. The van der Waals surface area contributed by atoms with Gasteiger partial charge in [-0.3, -0.25) is 0 Å². The normalized spacial score (nSPS) is 13.4. The number of carbonyl (C=O) groups is 1. The molecule has 178 valence electrons. The van der Waals surface area contributed by atoms with Crippen LogP contribution in [0.5, 0.6) is 0 Å². The molecule has 0 fully saturated rings. The highest BCUT2D eigenvalue weighted by molar-refractivity contribution is 7.02. The topological polar surface area (TPSA) is 109 Å². The molecule has 0 aliphatic carbocycles. The van der Waals surface area contributed by atoms with Crippen molar-refractivity contribution in [2.24, 2.45) is 0 Å². The standard InChI is InChI=1S/C16H36O11Si3/c1-14(2)15(17)27-13-12-16(28(18-3,19-4)20-5,29(21-6,22-7)23-8)30(24-9,25-10)26-11/h1,12-13H2,2-11H3. The first-order valence-corrected chi connectivity index (χ1v) is 14.1. The van der Waals surface area contributed by atoms with Crippen LogP contribution in [-0.2, 0) is 49.4 Å². The minimum atomic E-state index is -3.83. The summed E-state index contributed by atoms with van der Waals surface area (Å²) in [6, 6.07) is 0. The van der Waals surface area contributed by atoms with E-state index in [1.54, 1.807) is 6.92 Å². The fraction of sp³-hybridized carbons (Fsp3) is 0.812. The Morgan fingerprint density at radius 2 is 0.933 bits per heavy atom. The van der Waals surface area contributed by atoms with Crippen molar-refractivity contribution >= 4 is 32.4 Å². The smallest absolute Gasteiger partial charge is 0.462 e. The van der Waals surface area contributed by atoms with Crippen molar-refractivity contribution in [3.05, 3.63) is 12.2 Å². The van der Waals surface area contributed by atoms with Crippen LogP contribution >= 0.6 is 0 Å². The van der Waals surface area contributed by atoms with Crippen LogP contribution in [0, 0.1) is 0 Å². The Morgan fingerprint density at radius 3 is 1.13 bits per heavy atom. The molecule has 0 unspecified atom stereocenters. The number of ether oxygens (including phenoxy) is 1. The van der Waals surface area contributed by atoms with Crippen LogP contribution < -0.4 is 0 Å². The number of rotatable bonds is 16. The highest BCUT2D eigenvalue weighted by Gasteiger charge is 2.88. The largest absolute Gasteiger partial charge is 0.516 e. The van der Waals surface area contributed by atoms with E-state index in [0.717, 1.165) is 0 Å². The van der Waals surface area contributed by atoms with Crippen LogP contribution in [0.2, 0.25) is 4.28 Å². The van der Waals surface area contributed by atoms with Crippen molar-refractivity contribution in [3.63, 3.8) is 0 Å². The third-order valence-electron chi connectivity index (χ3n) is 5.05. The second kappa shape index (κ2) is 12.5. The Kier molecular flexibility index (Phi) is 12.3. The molecule has 0 amide bonds. The van der Waals surface area contributed by atoms with E-state index >= 15 is 0 Å². The molecule has 0 saturated carbocycles. The van der Waals surface area contributed by atoms with E-state index in [1.165, 1.54) is 64.0 Å². The Hall–Kier alpha value is -0.499. The number of esters is 1. The lowest BCUT2D eigenvalue weighted by molar-refractivity contribution is -0.139. The van der Waals surface area contributed by atoms with Gasteiger partial charge in [-0.05, 0) is 6.92 Å². The average Bonchev–Trinajstić information content (AvgIpc) is 2.77. The maximum atomic E-state index is 12.0. The summed E-state index contributed by atoms with van der Waals surface area (Å²) >= 11 is 0. The lowest BCUT2D eigenvalue weighted by Gasteiger charge is -2.53. The molecule has 0 spiro atoms. The first kappa shape index (κ1) is 29.5. The van der Waals surface area contributed by atoms with Gasteiger partial charge in [0, 0.05) is 76.0 Å². The zero-order valence-corrected chi connectivity index (χ0v) is 22.6. The van der Waals surface area contributed by atoms with Crippen LogP contribution in [-0.4, -0.2) is 103 Å². The summed E-state index contributed by atoms with van der Waals surface area (Å²) in [6.45, 7) is 5.02. The molecule has 0 N–H and O–H groups in total. The molecule has 30 heavy (non-hydrogen) atoms. The van der Waals surface area contributed by atoms with Gasteiger partial charge in [0.25, 0.3) is 0 Å². The predicted molar refractivity (Wildman–Crippen MR) is 113 cm³/mol. The predicted octanol–water partition coefficient (Wildman–Crippen LogP) is 0.949. The fourth-order valence-electron chi connectivity index (χ4n) is 3.76. The summed E-state index contributed by atoms with van der Waals surface area (Å²) in [4.78, 5) is 12.0. The van der Waals surface area contributed by atoms with E-state index in [0.29, 0.717) is 0 Å². The molecule has 0 heterocycles. The minimum absolute atomic E-state index is 0.0112. The summed E-state index contributed by atoms with van der Waals surface area (Å²) in [5, 5.41) is 0. The molecule has 0 bridgehead atoms. The first-order chi connectivity index (χ1) is 14.1. The summed E-state index contributed by atoms with van der Waals surface area (Å²) in [5.41, 5.74) is 0.247. The Labute approximate surface area is 182 Å². The van der Waals surface area contributed by atoms with E-state index in [1.807, 2.05) is 0 Å². The highest BCUT2D eigenvalue weighted by atomic mass is 28.5. The molecule has 0 saturated heterocycles. The van der Waals surface area contributed by atoms with Crippen molar-refractivity contribution in [1.29, 1.82) is 0 Å². The van der Waals surface area contributed by atoms with E-state index in [2.05, 4.69) is 6.58 Å². The molecule has 0 aromatic rings. The summed E-state index contributed by atoms with van der Waals surface area (Å²) in [7, 11) is 1.32. The second-order valence-corrected chi connectivity index (χ2v) is 17.1. The lowest BCUT2D eigenvalue weighted by atomic mass is 10.4. The van der Waals surface area contributed by atoms with Crippen LogP contribution in [0.15, 0.2) is 12.2 Å². The van der Waals surface area contributed by atoms with Gasteiger partial charge in [-0.15, -0.1) is 0 Å². The van der Waals surface area contributed by atoms with Crippen LogP contribution in [0.1, 0.15) is 13.3 Å². The lowest BCUT2D eigenvalue weighted by Crippen LogP contribution is -2.80. The van der Waals surface area contributed by atoms with Gasteiger partial charge in [0.2, 0.25) is 0 Å². The summed E-state index contributed by atoms with van der Waals surface area (Å²) in [6.07, 6.45) is 0.0112. The zero-order valence-electron chi connectivity index (χ0n) is 19.6. The number of hydrogen-bond donors (Lipinski definition) is 0. The molecule has 0 aliphatic rings. The molecular weight excluding hydrogens is 452 g/mol. The van der Waals surface area contributed by atoms with Crippen LogP contribution in [0.4, 0.5) is 0 Å². The monoisotopic (exact) mass is 488 g/mol.